The van der Waals surface area contributed by atoms with Crippen LogP contribution in [0.1, 0.15) is 16.7 Å². The Balaban J connectivity index is 1.38. The molecule has 5 nitrogen and oxygen atoms in total. The summed E-state index contributed by atoms with van der Waals surface area (Å²) in [5.74, 6) is -0.0507. The van der Waals surface area contributed by atoms with Gasteiger partial charge < -0.3 is 9.80 Å². The molecule has 1 aliphatic heterocycles. The lowest BCUT2D eigenvalue weighted by Gasteiger charge is -2.29. The molecule has 0 saturated carbocycles. The van der Waals surface area contributed by atoms with Crippen molar-refractivity contribution in [3.63, 3.8) is 0 Å². The number of rotatable bonds is 6. The van der Waals surface area contributed by atoms with Crippen LogP contribution in [0, 0.1) is 6.92 Å². The van der Waals surface area contributed by atoms with Gasteiger partial charge in [0.1, 0.15) is 32.7 Å². The number of hydrazone groups is 1. The standard InChI is InChI=1S/C21H25ClN4O/c1-17-5-7-18(8-6-17)15-25-9-11-26(12-10-25)16-21(27)24-23-14-19-3-2-4-20(22)13-19/h2-8,13-14H,9-12,15-16H2,1H3,(H,24,27)/p+2/b23-14-. The number of nitrogens with zero attached hydrogens (tertiary/aromatic N) is 1. The zero-order valence-electron chi connectivity index (χ0n) is 15.7. The Hall–Kier alpha value is -2.21. The summed E-state index contributed by atoms with van der Waals surface area (Å²) >= 11 is 5.93. The van der Waals surface area contributed by atoms with Crippen molar-refractivity contribution in [2.75, 3.05) is 32.7 Å². The number of nitrogens with one attached hydrogen (secondary N) is 3. The Morgan fingerprint density at radius 1 is 1.11 bits per heavy atom. The van der Waals surface area contributed by atoms with Crippen LogP contribution in [0.25, 0.3) is 0 Å². The molecular formula is C21H27ClN4O+2. The van der Waals surface area contributed by atoms with Gasteiger partial charge in [-0.1, -0.05) is 53.6 Å². The first kappa shape index (κ1) is 19.5. The molecule has 1 aliphatic rings. The molecule has 2 aromatic carbocycles. The Bertz CT molecular complexity index is 783. The number of carbonyl (C=O) groups excluding carboxylic acids is 1. The van der Waals surface area contributed by atoms with Crippen LogP contribution >= 0.6 is 11.6 Å². The summed E-state index contributed by atoms with van der Waals surface area (Å²) < 4.78 is 0. The van der Waals surface area contributed by atoms with Crippen LogP contribution in [-0.4, -0.2) is 44.8 Å². The molecule has 0 unspecified atom stereocenters. The van der Waals surface area contributed by atoms with Crippen LogP contribution in [0.15, 0.2) is 53.6 Å². The summed E-state index contributed by atoms with van der Waals surface area (Å²) in [6.45, 7) is 7.82. The number of halogens is 1. The molecule has 1 amide bonds. The van der Waals surface area contributed by atoms with E-state index in [-0.39, 0.29) is 5.91 Å². The summed E-state index contributed by atoms with van der Waals surface area (Å²) in [6, 6.07) is 16.1. The molecule has 142 valence electrons. The Labute approximate surface area is 165 Å². The van der Waals surface area contributed by atoms with Crippen LogP contribution < -0.4 is 15.2 Å². The molecule has 3 rings (SSSR count). The maximum absolute atomic E-state index is 12.1. The molecule has 0 radical (unpaired) electrons. The van der Waals surface area contributed by atoms with E-state index in [0.717, 1.165) is 38.3 Å². The quantitative estimate of drug-likeness (QED) is 0.478. The summed E-state index contributed by atoms with van der Waals surface area (Å²) in [6.07, 6.45) is 1.61. The molecule has 0 aliphatic carbocycles. The van der Waals surface area contributed by atoms with E-state index in [9.17, 15) is 4.79 Å². The highest BCUT2D eigenvalue weighted by molar-refractivity contribution is 6.30. The van der Waals surface area contributed by atoms with Gasteiger partial charge in [0.15, 0.2) is 6.54 Å². The second kappa shape index (κ2) is 9.65. The van der Waals surface area contributed by atoms with E-state index in [1.807, 2.05) is 12.1 Å². The minimum atomic E-state index is -0.0507. The topological polar surface area (TPSA) is 50.3 Å². The summed E-state index contributed by atoms with van der Waals surface area (Å²) in [4.78, 5) is 15.0. The molecule has 27 heavy (non-hydrogen) atoms. The maximum Gasteiger partial charge on any atom is 0.295 e. The van der Waals surface area contributed by atoms with Crippen molar-refractivity contribution in [3.05, 3.63) is 70.2 Å². The van der Waals surface area contributed by atoms with Gasteiger partial charge in [-0.2, -0.15) is 5.10 Å². The summed E-state index contributed by atoms with van der Waals surface area (Å²) in [5, 5.41) is 4.68. The van der Waals surface area contributed by atoms with Gasteiger partial charge in [-0.15, -0.1) is 0 Å². The zero-order valence-corrected chi connectivity index (χ0v) is 16.4. The largest absolute Gasteiger partial charge is 0.322 e. The number of hydrogen-bond acceptors (Lipinski definition) is 2. The highest BCUT2D eigenvalue weighted by atomic mass is 35.5. The van der Waals surface area contributed by atoms with Gasteiger partial charge in [0.05, 0.1) is 6.21 Å². The molecular weight excluding hydrogens is 360 g/mol. The van der Waals surface area contributed by atoms with Gasteiger partial charge in [-0.3, -0.25) is 4.79 Å². The third-order valence-corrected chi connectivity index (χ3v) is 5.14. The number of amides is 1. The fourth-order valence-corrected chi connectivity index (χ4v) is 3.54. The monoisotopic (exact) mass is 386 g/mol. The number of carbonyl (C=O) groups is 1. The smallest absolute Gasteiger partial charge is 0.295 e. The van der Waals surface area contributed by atoms with Gasteiger partial charge in [-0.25, -0.2) is 5.43 Å². The van der Waals surface area contributed by atoms with E-state index in [0.29, 0.717) is 11.6 Å². The average molecular weight is 387 g/mol. The fraction of sp³-hybridized carbons (Fsp3) is 0.333. The molecule has 1 heterocycles. The van der Waals surface area contributed by atoms with Gasteiger partial charge in [-0.05, 0) is 24.6 Å². The first-order chi connectivity index (χ1) is 13.1. The lowest BCUT2D eigenvalue weighted by molar-refractivity contribution is -1.02. The highest BCUT2D eigenvalue weighted by Crippen LogP contribution is 2.08. The number of piperazine rings is 1. The van der Waals surface area contributed by atoms with Gasteiger partial charge in [0, 0.05) is 10.6 Å². The Morgan fingerprint density at radius 3 is 2.52 bits per heavy atom. The molecule has 1 saturated heterocycles. The van der Waals surface area contributed by atoms with E-state index in [2.05, 4.69) is 41.7 Å². The molecule has 6 heteroatoms. The number of hydrogen-bond donors (Lipinski definition) is 3. The Kier molecular flexibility index (Phi) is 6.98. The van der Waals surface area contributed by atoms with E-state index in [1.165, 1.54) is 16.0 Å². The van der Waals surface area contributed by atoms with Crippen molar-refractivity contribution in [1.82, 2.24) is 5.43 Å². The van der Waals surface area contributed by atoms with Crippen molar-refractivity contribution >= 4 is 23.7 Å². The van der Waals surface area contributed by atoms with Crippen molar-refractivity contribution in [2.24, 2.45) is 5.10 Å². The number of aryl methyl sites for hydroxylation is 1. The van der Waals surface area contributed by atoms with E-state index in [4.69, 9.17) is 11.6 Å². The third-order valence-electron chi connectivity index (χ3n) is 4.90. The van der Waals surface area contributed by atoms with Crippen molar-refractivity contribution in [1.29, 1.82) is 0 Å². The third kappa shape index (κ3) is 6.47. The predicted molar refractivity (Wildman–Crippen MR) is 108 cm³/mol. The molecule has 0 atom stereocenters. The molecule has 0 aromatic heterocycles. The number of benzene rings is 2. The highest BCUT2D eigenvalue weighted by Gasteiger charge is 2.24. The molecule has 1 fully saturated rings. The predicted octanol–water partition coefficient (Wildman–Crippen LogP) is 0.0821. The first-order valence-corrected chi connectivity index (χ1v) is 9.76. The minimum absolute atomic E-state index is 0.0507. The molecule has 0 bridgehead atoms. The molecule has 2 aromatic rings. The molecule has 0 spiro atoms. The van der Waals surface area contributed by atoms with Gasteiger partial charge in [0.25, 0.3) is 5.91 Å². The van der Waals surface area contributed by atoms with E-state index >= 15 is 0 Å². The van der Waals surface area contributed by atoms with Gasteiger partial charge >= 0.3 is 0 Å². The average Bonchev–Trinajstić information content (AvgIpc) is 2.65. The lowest BCUT2D eigenvalue weighted by atomic mass is 10.1. The van der Waals surface area contributed by atoms with Crippen molar-refractivity contribution < 1.29 is 14.6 Å². The summed E-state index contributed by atoms with van der Waals surface area (Å²) in [5.41, 5.74) is 6.16. The second-order valence-electron chi connectivity index (χ2n) is 7.19. The van der Waals surface area contributed by atoms with Gasteiger partial charge in [0.2, 0.25) is 0 Å². The van der Waals surface area contributed by atoms with Crippen LogP contribution in [-0.2, 0) is 11.3 Å². The van der Waals surface area contributed by atoms with Crippen LogP contribution in [0.3, 0.4) is 0 Å². The maximum atomic E-state index is 12.1. The SMILES string of the molecule is Cc1ccc(C[NH+]2CC[NH+](CC(=O)N/N=C\c3cccc(Cl)c3)CC2)cc1. The van der Waals surface area contributed by atoms with Crippen molar-refractivity contribution in [2.45, 2.75) is 13.5 Å². The fourth-order valence-electron chi connectivity index (χ4n) is 3.34. The minimum Gasteiger partial charge on any atom is -0.322 e. The van der Waals surface area contributed by atoms with Crippen LogP contribution in [0.5, 0.6) is 0 Å². The van der Waals surface area contributed by atoms with Crippen LogP contribution in [0.2, 0.25) is 5.02 Å². The molecule has 3 N–H and O–H groups in total. The first-order valence-electron chi connectivity index (χ1n) is 9.38. The second-order valence-corrected chi connectivity index (χ2v) is 7.62. The Morgan fingerprint density at radius 2 is 1.81 bits per heavy atom. The van der Waals surface area contributed by atoms with E-state index in [1.54, 1.807) is 23.2 Å². The zero-order chi connectivity index (χ0) is 19.1. The van der Waals surface area contributed by atoms with Crippen molar-refractivity contribution in [3.8, 4) is 0 Å². The summed E-state index contributed by atoms with van der Waals surface area (Å²) in [7, 11) is 0. The normalized spacial score (nSPS) is 19.9. The lowest BCUT2D eigenvalue weighted by Crippen LogP contribution is -3.28. The van der Waals surface area contributed by atoms with E-state index < -0.39 is 0 Å². The van der Waals surface area contributed by atoms with Crippen LogP contribution in [0.4, 0.5) is 0 Å². The number of quaternary nitrogens is 2.